The summed E-state index contributed by atoms with van der Waals surface area (Å²) in [4.78, 5) is 4.14. The van der Waals surface area contributed by atoms with Crippen LogP contribution in [0, 0.1) is 0 Å². The molecule has 0 fully saturated rings. The van der Waals surface area contributed by atoms with Gasteiger partial charge in [-0.1, -0.05) is 35.8 Å². The Morgan fingerprint density at radius 1 is 1.22 bits per heavy atom. The highest BCUT2D eigenvalue weighted by Crippen LogP contribution is 2.32. The zero-order chi connectivity index (χ0) is 13.1. The van der Waals surface area contributed by atoms with Crippen molar-refractivity contribution in [3.8, 4) is 11.6 Å². The van der Waals surface area contributed by atoms with E-state index in [4.69, 9.17) is 10.5 Å². The van der Waals surface area contributed by atoms with Crippen LogP contribution in [-0.4, -0.2) is 4.98 Å². The van der Waals surface area contributed by atoms with Gasteiger partial charge in [-0.05, 0) is 35.7 Å². The number of nitrogen functional groups attached to an aromatic ring is 1. The van der Waals surface area contributed by atoms with E-state index in [-0.39, 0.29) is 0 Å². The van der Waals surface area contributed by atoms with Crippen LogP contribution in [0.15, 0.2) is 40.9 Å². The molecule has 0 aliphatic rings. The van der Waals surface area contributed by atoms with Crippen molar-refractivity contribution < 1.29 is 4.74 Å². The van der Waals surface area contributed by atoms with Crippen LogP contribution in [0.3, 0.4) is 0 Å². The first-order valence-electron chi connectivity index (χ1n) is 5.76. The molecule has 1 aromatic carbocycles. The van der Waals surface area contributed by atoms with Crippen molar-refractivity contribution in [2.75, 3.05) is 5.73 Å². The molecule has 2 rings (SSSR count). The number of hydrogen-bond donors (Lipinski definition) is 1. The lowest BCUT2D eigenvalue weighted by Crippen LogP contribution is -1.97. The lowest BCUT2D eigenvalue weighted by molar-refractivity contribution is 0.455. The van der Waals surface area contributed by atoms with E-state index in [0.29, 0.717) is 17.6 Å². The molecule has 0 atom stereocenters. The number of ether oxygens (including phenoxy) is 1. The van der Waals surface area contributed by atoms with E-state index in [1.54, 1.807) is 12.1 Å². The summed E-state index contributed by atoms with van der Waals surface area (Å²) in [7, 11) is 0. The maximum Gasteiger partial charge on any atom is 0.221 e. The predicted molar refractivity (Wildman–Crippen MR) is 77.0 cm³/mol. The second kappa shape index (κ2) is 5.40. The van der Waals surface area contributed by atoms with E-state index in [2.05, 4.69) is 40.8 Å². The molecule has 0 saturated heterocycles. The first kappa shape index (κ1) is 12.9. The van der Waals surface area contributed by atoms with Gasteiger partial charge < -0.3 is 10.5 Å². The first-order chi connectivity index (χ1) is 8.56. The predicted octanol–water partition coefficient (Wildman–Crippen LogP) is 4.34. The third kappa shape index (κ3) is 3.01. The molecule has 0 amide bonds. The smallest absolute Gasteiger partial charge is 0.221 e. The van der Waals surface area contributed by atoms with Gasteiger partial charge in [0.25, 0.3) is 0 Å². The van der Waals surface area contributed by atoms with E-state index < -0.39 is 0 Å². The van der Waals surface area contributed by atoms with Crippen molar-refractivity contribution in [1.29, 1.82) is 0 Å². The minimum absolute atomic E-state index is 0.374. The van der Waals surface area contributed by atoms with Gasteiger partial charge in [-0.25, -0.2) is 0 Å². The minimum atomic E-state index is 0.374. The van der Waals surface area contributed by atoms with Crippen LogP contribution in [0.4, 0.5) is 5.82 Å². The second-order valence-corrected chi connectivity index (χ2v) is 5.26. The summed E-state index contributed by atoms with van der Waals surface area (Å²) in [5.74, 6) is 2.15. The molecule has 1 aromatic heterocycles. The monoisotopic (exact) mass is 306 g/mol. The van der Waals surface area contributed by atoms with Crippen LogP contribution < -0.4 is 10.5 Å². The van der Waals surface area contributed by atoms with E-state index in [9.17, 15) is 0 Å². The van der Waals surface area contributed by atoms with Gasteiger partial charge in [0.05, 0.1) is 0 Å². The number of aromatic nitrogens is 1. The molecule has 18 heavy (non-hydrogen) atoms. The highest BCUT2D eigenvalue weighted by molar-refractivity contribution is 9.10. The molecular weight excluding hydrogens is 292 g/mol. The van der Waals surface area contributed by atoms with Gasteiger partial charge in [0.2, 0.25) is 5.88 Å². The van der Waals surface area contributed by atoms with Crippen molar-refractivity contribution in [3.05, 3.63) is 46.4 Å². The molecule has 0 bridgehead atoms. The Labute approximate surface area is 115 Å². The number of nitrogens with two attached hydrogens (primary N) is 1. The lowest BCUT2D eigenvalue weighted by Gasteiger charge is -2.13. The molecule has 4 heteroatoms. The molecule has 0 spiro atoms. The summed E-state index contributed by atoms with van der Waals surface area (Å²) in [6, 6.07) is 11.3. The summed E-state index contributed by atoms with van der Waals surface area (Å²) in [6.07, 6.45) is 0. The molecule has 0 unspecified atom stereocenters. The number of anilines is 1. The van der Waals surface area contributed by atoms with Crippen molar-refractivity contribution in [2.24, 2.45) is 0 Å². The van der Waals surface area contributed by atoms with Gasteiger partial charge in [-0.3, -0.25) is 0 Å². The Balaban J connectivity index is 2.34. The van der Waals surface area contributed by atoms with Crippen molar-refractivity contribution in [3.63, 3.8) is 0 Å². The van der Waals surface area contributed by atoms with Crippen molar-refractivity contribution >= 4 is 21.7 Å². The first-order valence-corrected chi connectivity index (χ1v) is 6.55. The molecule has 0 radical (unpaired) electrons. The molecule has 94 valence electrons. The Hall–Kier alpha value is -1.55. The van der Waals surface area contributed by atoms with Crippen LogP contribution >= 0.6 is 15.9 Å². The Kier molecular flexibility index (Phi) is 3.87. The maximum atomic E-state index is 5.79. The highest BCUT2D eigenvalue weighted by Gasteiger charge is 2.10. The summed E-state index contributed by atoms with van der Waals surface area (Å²) >= 11 is 3.47. The van der Waals surface area contributed by atoms with Crippen LogP contribution in [0.2, 0.25) is 0 Å². The van der Waals surface area contributed by atoms with E-state index in [1.165, 1.54) is 0 Å². The van der Waals surface area contributed by atoms with E-state index in [0.717, 1.165) is 15.8 Å². The molecule has 0 aliphatic carbocycles. The fourth-order valence-electron chi connectivity index (χ4n) is 1.66. The summed E-state index contributed by atoms with van der Waals surface area (Å²) < 4.78 is 6.84. The van der Waals surface area contributed by atoms with Crippen LogP contribution in [0.1, 0.15) is 25.3 Å². The second-order valence-electron chi connectivity index (χ2n) is 4.34. The van der Waals surface area contributed by atoms with Gasteiger partial charge in [0, 0.05) is 10.5 Å². The molecule has 3 nitrogen and oxygen atoms in total. The van der Waals surface area contributed by atoms with Gasteiger partial charge >= 0.3 is 0 Å². The summed E-state index contributed by atoms with van der Waals surface area (Å²) in [6.45, 7) is 4.25. The zero-order valence-electron chi connectivity index (χ0n) is 10.4. The van der Waals surface area contributed by atoms with E-state index in [1.807, 2.05) is 18.2 Å². The summed E-state index contributed by atoms with van der Waals surface area (Å²) in [5, 5.41) is 0. The van der Waals surface area contributed by atoms with Crippen molar-refractivity contribution in [1.82, 2.24) is 4.98 Å². The highest BCUT2D eigenvalue weighted by atomic mass is 79.9. The van der Waals surface area contributed by atoms with Gasteiger partial charge in [-0.15, -0.1) is 0 Å². The average Bonchev–Trinajstić information content (AvgIpc) is 2.31. The topological polar surface area (TPSA) is 48.1 Å². The lowest BCUT2D eigenvalue weighted by atomic mass is 10.0. The maximum absolute atomic E-state index is 5.79. The number of nitrogens with zero attached hydrogens (tertiary/aromatic N) is 1. The number of benzene rings is 1. The average molecular weight is 307 g/mol. The zero-order valence-corrected chi connectivity index (χ0v) is 11.9. The standard InChI is InChI=1S/C14H15BrN2O/c1-9(2)11-8-10(15)6-7-12(11)18-14-5-3-4-13(16)17-14/h3-9H,1-2H3,(H2,16,17). The third-order valence-electron chi connectivity index (χ3n) is 2.55. The minimum Gasteiger partial charge on any atom is -0.439 e. The number of hydrogen-bond acceptors (Lipinski definition) is 3. The third-order valence-corrected chi connectivity index (χ3v) is 3.05. The van der Waals surface area contributed by atoms with Crippen molar-refractivity contribution in [2.45, 2.75) is 19.8 Å². The molecule has 0 aliphatic heterocycles. The Morgan fingerprint density at radius 3 is 2.67 bits per heavy atom. The number of rotatable bonds is 3. The molecule has 2 N–H and O–H groups in total. The summed E-state index contributed by atoms with van der Waals surface area (Å²) in [5.41, 5.74) is 6.77. The quantitative estimate of drug-likeness (QED) is 0.917. The fraction of sp³-hybridized carbons (Fsp3) is 0.214. The Morgan fingerprint density at radius 2 is 2.00 bits per heavy atom. The normalized spacial score (nSPS) is 10.7. The van der Waals surface area contributed by atoms with Gasteiger partial charge in [0.1, 0.15) is 11.6 Å². The number of pyridine rings is 1. The Bertz CT molecular complexity index is 555. The SMILES string of the molecule is CC(C)c1cc(Br)ccc1Oc1cccc(N)n1. The van der Waals surface area contributed by atoms with Gasteiger partial charge in [0.15, 0.2) is 0 Å². The fourth-order valence-corrected chi connectivity index (χ4v) is 2.04. The molecule has 2 aromatic rings. The molecule has 0 saturated carbocycles. The van der Waals surface area contributed by atoms with E-state index >= 15 is 0 Å². The number of halogens is 1. The van der Waals surface area contributed by atoms with Crippen LogP contribution in [0.25, 0.3) is 0 Å². The van der Waals surface area contributed by atoms with Crippen LogP contribution in [-0.2, 0) is 0 Å². The largest absolute Gasteiger partial charge is 0.439 e. The van der Waals surface area contributed by atoms with Crippen LogP contribution in [0.5, 0.6) is 11.6 Å². The molecule has 1 heterocycles. The van der Waals surface area contributed by atoms with Gasteiger partial charge in [-0.2, -0.15) is 4.98 Å². The molecular formula is C14H15BrN2O.